The average molecular weight is 338 g/mol. The fourth-order valence-corrected chi connectivity index (χ4v) is 4.47. The third kappa shape index (κ3) is 4.86. The molecule has 1 N–H and O–H groups in total. The number of sulfonamides is 1. The zero-order chi connectivity index (χ0) is 15.1. The maximum absolute atomic E-state index is 12.0. The zero-order valence-electron chi connectivity index (χ0n) is 11.2. The van der Waals surface area contributed by atoms with Crippen molar-refractivity contribution >= 4 is 33.1 Å². The minimum atomic E-state index is -3.49. The SMILES string of the molecule is N#Cc1ccc(S(=O)(=O)NCCSCc2cccs2)cc1. The summed E-state index contributed by atoms with van der Waals surface area (Å²) in [7, 11) is -3.49. The maximum atomic E-state index is 12.0. The van der Waals surface area contributed by atoms with Crippen LogP contribution < -0.4 is 4.72 Å². The second-order valence-electron chi connectivity index (χ2n) is 4.17. The summed E-state index contributed by atoms with van der Waals surface area (Å²) in [5.41, 5.74) is 0.445. The van der Waals surface area contributed by atoms with Crippen molar-refractivity contribution < 1.29 is 8.42 Å². The Morgan fingerprint density at radius 2 is 2.00 bits per heavy atom. The number of thiophene rings is 1. The fourth-order valence-electron chi connectivity index (χ4n) is 1.61. The second-order valence-corrected chi connectivity index (χ2v) is 8.07. The van der Waals surface area contributed by atoms with E-state index in [1.165, 1.54) is 29.1 Å². The number of rotatable bonds is 7. The highest BCUT2D eigenvalue weighted by molar-refractivity contribution is 7.98. The summed E-state index contributed by atoms with van der Waals surface area (Å²) >= 11 is 3.39. The van der Waals surface area contributed by atoms with E-state index in [2.05, 4.69) is 10.8 Å². The summed E-state index contributed by atoms with van der Waals surface area (Å²) in [6.45, 7) is 0.387. The first-order chi connectivity index (χ1) is 10.1. The minimum Gasteiger partial charge on any atom is -0.210 e. The van der Waals surface area contributed by atoms with Crippen LogP contribution >= 0.6 is 23.1 Å². The van der Waals surface area contributed by atoms with Crippen LogP contribution in [0.3, 0.4) is 0 Å². The Hall–Kier alpha value is -1.33. The molecule has 4 nitrogen and oxygen atoms in total. The third-order valence-corrected chi connectivity index (χ3v) is 6.20. The van der Waals surface area contributed by atoms with Crippen molar-refractivity contribution in [2.45, 2.75) is 10.6 Å². The predicted octanol–water partition coefficient (Wildman–Crippen LogP) is 2.83. The van der Waals surface area contributed by atoms with Gasteiger partial charge in [0.2, 0.25) is 10.0 Å². The van der Waals surface area contributed by atoms with Gasteiger partial charge >= 0.3 is 0 Å². The van der Waals surface area contributed by atoms with E-state index in [4.69, 9.17) is 5.26 Å². The van der Waals surface area contributed by atoms with Gasteiger partial charge in [0, 0.05) is 22.9 Å². The minimum absolute atomic E-state index is 0.185. The van der Waals surface area contributed by atoms with Crippen LogP contribution in [-0.4, -0.2) is 20.7 Å². The first-order valence-electron chi connectivity index (χ1n) is 6.22. The van der Waals surface area contributed by atoms with Crippen molar-refractivity contribution in [2.75, 3.05) is 12.3 Å². The standard InChI is InChI=1S/C14H14N2O2S3/c15-10-12-3-5-14(6-4-12)21(17,18)16-7-9-19-11-13-2-1-8-20-13/h1-6,8,16H,7,9,11H2. The first kappa shape index (κ1) is 16.0. The normalized spacial score (nSPS) is 11.2. The number of hydrogen-bond donors (Lipinski definition) is 1. The Morgan fingerprint density at radius 1 is 1.24 bits per heavy atom. The van der Waals surface area contributed by atoms with Gasteiger partial charge < -0.3 is 0 Å². The van der Waals surface area contributed by atoms with Gasteiger partial charge in [0.1, 0.15) is 0 Å². The number of nitriles is 1. The topological polar surface area (TPSA) is 70.0 Å². The second kappa shape index (κ2) is 7.61. The Balaban J connectivity index is 1.79. The van der Waals surface area contributed by atoms with Gasteiger partial charge in [-0.25, -0.2) is 13.1 Å². The lowest BCUT2D eigenvalue weighted by Crippen LogP contribution is -2.26. The molecular weight excluding hydrogens is 324 g/mol. The molecule has 0 bridgehead atoms. The van der Waals surface area contributed by atoms with Gasteiger partial charge in [-0.2, -0.15) is 17.0 Å². The summed E-state index contributed by atoms with van der Waals surface area (Å²) in [6.07, 6.45) is 0. The molecule has 0 unspecified atom stereocenters. The highest BCUT2D eigenvalue weighted by Crippen LogP contribution is 2.16. The van der Waals surface area contributed by atoms with Gasteiger partial charge in [0.15, 0.2) is 0 Å². The summed E-state index contributed by atoms with van der Waals surface area (Å²) in [6, 6.07) is 11.9. The van der Waals surface area contributed by atoms with E-state index in [-0.39, 0.29) is 4.90 Å². The molecule has 0 aliphatic rings. The predicted molar refractivity (Wildman–Crippen MR) is 86.8 cm³/mol. The van der Waals surface area contributed by atoms with Gasteiger partial charge in [-0.05, 0) is 35.7 Å². The van der Waals surface area contributed by atoms with Crippen LogP contribution in [-0.2, 0) is 15.8 Å². The van der Waals surface area contributed by atoms with Crippen molar-refractivity contribution in [2.24, 2.45) is 0 Å². The molecule has 21 heavy (non-hydrogen) atoms. The van der Waals surface area contributed by atoms with Crippen LogP contribution in [0, 0.1) is 11.3 Å². The van der Waals surface area contributed by atoms with Crippen LogP contribution in [0.15, 0.2) is 46.7 Å². The van der Waals surface area contributed by atoms with Gasteiger partial charge in [-0.15, -0.1) is 11.3 Å². The lowest BCUT2D eigenvalue weighted by Gasteiger charge is -2.06. The van der Waals surface area contributed by atoms with Gasteiger partial charge in [-0.3, -0.25) is 0 Å². The smallest absolute Gasteiger partial charge is 0.210 e. The number of nitrogens with one attached hydrogen (secondary N) is 1. The molecule has 0 saturated heterocycles. The molecule has 0 radical (unpaired) electrons. The van der Waals surface area contributed by atoms with Crippen LogP contribution in [0.4, 0.5) is 0 Å². The van der Waals surface area contributed by atoms with E-state index >= 15 is 0 Å². The fraction of sp³-hybridized carbons (Fsp3) is 0.214. The van der Waals surface area contributed by atoms with E-state index in [1.807, 2.05) is 17.5 Å². The number of nitrogens with zero attached hydrogens (tertiary/aromatic N) is 1. The number of hydrogen-bond acceptors (Lipinski definition) is 5. The van der Waals surface area contributed by atoms with Crippen molar-refractivity contribution in [1.29, 1.82) is 5.26 Å². The lowest BCUT2D eigenvalue weighted by molar-refractivity contribution is 0.584. The van der Waals surface area contributed by atoms with Crippen molar-refractivity contribution in [3.05, 3.63) is 52.2 Å². The van der Waals surface area contributed by atoms with Crippen molar-refractivity contribution in [3.63, 3.8) is 0 Å². The molecule has 1 aromatic heterocycles. The highest BCUT2D eigenvalue weighted by Gasteiger charge is 2.12. The van der Waals surface area contributed by atoms with Crippen LogP contribution in [0.1, 0.15) is 10.4 Å². The molecule has 1 aromatic carbocycles. The van der Waals surface area contributed by atoms with Crippen molar-refractivity contribution in [3.8, 4) is 6.07 Å². The Labute approximate surface area is 132 Å². The monoisotopic (exact) mass is 338 g/mol. The molecule has 0 atom stereocenters. The Bertz CT molecular complexity index is 702. The van der Waals surface area contributed by atoms with E-state index < -0.39 is 10.0 Å². The zero-order valence-corrected chi connectivity index (χ0v) is 13.6. The van der Waals surface area contributed by atoms with Gasteiger partial charge in [0.25, 0.3) is 0 Å². The molecule has 110 valence electrons. The molecule has 0 fully saturated rings. The quantitative estimate of drug-likeness (QED) is 0.788. The summed E-state index contributed by atoms with van der Waals surface area (Å²) in [5.74, 6) is 1.61. The van der Waals surface area contributed by atoms with Gasteiger partial charge in [0.05, 0.1) is 16.5 Å². The molecule has 2 aromatic rings. The van der Waals surface area contributed by atoms with E-state index in [0.29, 0.717) is 17.9 Å². The Morgan fingerprint density at radius 3 is 2.62 bits per heavy atom. The molecule has 0 amide bonds. The Kier molecular flexibility index (Phi) is 5.82. The average Bonchev–Trinajstić information content (AvgIpc) is 3.00. The molecule has 7 heteroatoms. The molecule has 2 rings (SSSR count). The number of thioether (sulfide) groups is 1. The number of benzene rings is 1. The van der Waals surface area contributed by atoms with Gasteiger partial charge in [-0.1, -0.05) is 6.07 Å². The molecule has 0 spiro atoms. The summed E-state index contributed by atoms with van der Waals surface area (Å²) in [5, 5.41) is 10.7. The first-order valence-corrected chi connectivity index (χ1v) is 9.73. The molecule has 0 aliphatic carbocycles. The third-order valence-electron chi connectivity index (χ3n) is 2.66. The van der Waals surface area contributed by atoms with E-state index in [0.717, 1.165) is 5.75 Å². The molecule has 0 saturated carbocycles. The molecule has 0 aliphatic heterocycles. The largest absolute Gasteiger partial charge is 0.240 e. The summed E-state index contributed by atoms with van der Waals surface area (Å²) < 4.78 is 26.6. The van der Waals surface area contributed by atoms with Crippen LogP contribution in [0.5, 0.6) is 0 Å². The maximum Gasteiger partial charge on any atom is 0.240 e. The molecule has 1 heterocycles. The van der Waals surface area contributed by atoms with Crippen molar-refractivity contribution in [1.82, 2.24) is 4.72 Å². The van der Waals surface area contributed by atoms with E-state index in [9.17, 15) is 8.42 Å². The lowest BCUT2D eigenvalue weighted by atomic mass is 10.2. The summed E-state index contributed by atoms with van der Waals surface area (Å²) in [4.78, 5) is 1.47. The highest BCUT2D eigenvalue weighted by atomic mass is 32.2. The van der Waals surface area contributed by atoms with E-state index in [1.54, 1.807) is 23.1 Å². The molecular formula is C14H14N2O2S3. The van der Waals surface area contributed by atoms with Crippen LogP contribution in [0.2, 0.25) is 0 Å². The van der Waals surface area contributed by atoms with Crippen LogP contribution in [0.25, 0.3) is 0 Å².